The van der Waals surface area contributed by atoms with E-state index in [0.29, 0.717) is 0 Å². The van der Waals surface area contributed by atoms with Gasteiger partial charge in [-0.25, -0.2) is 0 Å². The maximum Gasteiger partial charge on any atom is 0.339 e. The van der Waals surface area contributed by atoms with E-state index < -0.39 is 58.3 Å². The zero-order valence-corrected chi connectivity index (χ0v) is 16.5. The predicted octanol–water partition coefficient (Wildman–Crippen LogP) is -1.90. The van der Waals surface area contributed by atoms with Crippen LogP contribution in [0.5, 0.6) is 0 Å². The molecule has 0 spiro atoms. The second-order valence-electron chi connectivity index (χ2n) is 6.86. The van der Waals surface area contributed by atoms with Crippen LogP contribution in [0, 0.1) is 0 Å². The third-order valence-corrected chi connectivity index (χ3v) is 5.58. The summed E-state index contributed by atoms with van der Waals surface area (Å²) >= 11 is 0. The van der Waals surface area contributed by atoms with Crippen molar-refractivity contribution in [1.82, 2.24) is 14.7 Å². The highest BCUT2D eigenvalue weighted by Crippen LogP contribution is 2.39. The van der Waals surface area contributed by atoms with Crippen molar-refractivity contribution in [2.75, 3.05) is 51.8 Å². The number of nitrogens with zero attached hydrogens (tertiary/aromatic N) is 3. The molecule has 1 aliphatic rings. The molecular formula is C12H25N3O10P2. The minimum Gasteiger partial charge on any atom is -0.480 e. The van der Waals surface area contributed by atoms with E-state index >= 15 is 0 Å². The number of carboxylic acid groups (broad SMARTS) is 2. The van der Waals surface area contributed by atoms with Crippen molar-refractivity contribution in [3.63, 3.8) is 0 Å². The average molecular weight is 433 g/mol. The van der Waals surface area contributed by atoms with Crippen LogP contribution in [0.2, 0.25) is 0 Å². The summed E-state index contributed by atoms with van der Waals surface area (Å²) in [6, 6.07) is 0. The van der Waals surface area contributed by atoms with Crippen LogP contribution in [-0.4, -0.2) is 114 Å². The van der Waals surface area contributed by atoms with Crippen molar-refractivity contribution in [1.29, 1.82) is 0 Å². The minimum absolute atomic E-state index is 0.0642. The van der Waals surface area contributed by atoms with Gasteiger partial charge in [0, 0.05) is 31.7 Å². The van der Waals surface area contributed by atoms with Crippen molar-refractivity contribution in [3.05, 3.63) is 0 Å². The predicted molar refractivity (Wildman–Crippen MR) is 92.2 cm³/mol. The van der Waals surface area contributed by atoms with Gasteiger partial charge in [-0.05, 0) is 6.92 Å². The Kier molecular flexibility index (Phi) is 8.12. The third kappa shape index (κ3) is 9.24. The minimum atomic E-state index is -4.45. The summed E-state index contributed by atoms with van der Waals surface area (Å²) in [6.45, 7) is 0.145. The molecule has 1 aliphatic heterocycles. The first-order valence-electron chi connectivity index (χ1n) is 7.82. The van der Waals surface area contributed by atoms with E-state index in [2.05, 4.69) is 0 Å². The fraction of sp³-hybridized carbons (Fsp3) is 0.833. The molecule has 0 atom stereocenters. The number of carboxylic acids is 2. The van der Waals surface area contributed by atoms with Crippen molar-refractivity contribution < 1.29 is 48.5 Å². The van der Waals surface area contributed by atoms with Crippen molar-refractivity contribution in [2.24, 2.45) is 0 Å². The monoisotopic (exact) mass is 433 g/mol. The Morgan fingerprint density at radius 1 is 0.889 bits per heavy atom. The number of rotatable bonds is 9. The Morgan fingerprint density at radius 2 is 1.22 bits per heavy atom. The van der Waals surface area contributed by atoms with Gasteiger partial charge in [0.05, 0.1) is 13.1 Å². The standard InChI is InChI=1S/C12H25N3O10P2/c1-12(15(4-10(16)17)5-11(18)19)6-13(8-26(20,21)22)2-3-14(7-12)9-27(23,24)25/h2-9H2,1H3,(H,16,17)(H,18,19)(H2,20,21,22)(H2,23,24,25). The molecule has 0 radical (unpaired) electrons. The second-order valence-corrected chi connectivity index (χ2v) is 10.1. The number of hydrogen-bond acceptors (Lipinski definition) is 7. The van der Waals surface area contributed by atoms with Gasteiger partial charge in [0.25, 0.3) is 0 Å². The maximum atomic E-state index is 11.4. The molecule has 158 valence electrons. The van der Waals surface area contributed by atoms with Crippen LogP contribution in [0.15, 0.2) is 0 Å². The van der Waals surface area contributed by atoms with Gasteiger partial charge in [-0.15, -0.1) is 0 Å². The summed E-state index contributed by atoms with van der Waals surface area (Å²) in [7, 11) is -8.91. The smallest absolute Gasteiger partial charge is 0.339 e. The lowest BCUT2D eigenvalue weighted by molar-refractivity contribution is -0.145. The van der Waals surface area contributed by atoms with Gasteiger partial charge in [-0.1, -0.05) is 0 Å². The SMILES string of the molecule is CC1(N(CC(=O)O)CC(=O)O)CN(CP(=O)(O)O)CCN(CP(=O)(O)O)C1. The number of hydrogen-bond donors (Lipinski definition) is 6. The highest BCUT2D eigenvalue weighted by atomic mass is 31.2. The summed E-state index contributed by atoms with van der Waals surface area (Å²) in [6.07, 6.45) is -1.28. The van der Waals surface area contributed by atoms with Gasteiger partial charge >= 0.3 is 27.1 Å². The molecule has 0 aliphatic carbocycles. The zero-order valence-electron chi connectivity index (χ0n) is 14.7. The normalized spacial score (nSPS) is 19.8. The van der Waals surface area contributed by atoms with E-state index in [1.165, 1.54) is 16.7 Å². The van der Waals surface area contributed by atoms with Crippen LogP contribution in [-0.2, 0) is 18.7 Å². The van der Waals surface area contributed by atoms with E-state index in [4.69, 9.17) is 10.2 Å². The van der Waals surface area contributed by atoms with Crippen LogP contribution in [0.25, 0.3) is 0 Å². The van der Waals surface area contributed by atoms with E-state index in [1.54, 1.807) is 0 Å². The molecule has 6 N–H and O–H groups in total. The lowest BCUT2D eigenvalue weighted by Gasteiger charge is -2.42. The Bertz CT molecular complexity index is 597. The Labute approximate surface area is 155 Å². The quantitative estimate of drug-likeness (QED) is 0.221. The Hall–Kier alpha value is -0.880. The Morgan fingerprint density at radius 3 is 1.48 bits per heavy atom. The largest absolute Gasteiger partial charge is 0.480 e. The maximum absolute atomic E-state index is 11.4. The van der Waals surface area contributed by atoms with Gasteiger partial charge in [0.15, 0.2) is 0 Å². The average Bonchev–Trinajstić information content (AvgIpc) is 2.53. The van der Waals surface area contributed by atoms with Crippen molar-refractivity contribution in [3.8, 4) is 0 Å². The van der Waals surface area contributed by atoms with E-state index in [-0.39, 0.29) is 26.2 Å². The fourth-order valence-corrected chi connectivity index (χ4v) is 4.71. The number of aliphatic carboxylic acids is 2. The lowest BCUT2D eigenvalue weighted by Crippen LogP contribution is -2.59. The van der Waals surface area contributed by atoms with Gasteiger partial charge < -0.3 is 29.8 Å². The molecule has 1 heterocycles. The van der Waals surface area contributed by atoms with Crippen LogP contribution in [0.4, 0.5) is 0 Å². The van der Waals surface area contributed by atoms with Crippen LogP contribution >= 0.6 is 15.2 Å². The zero-order chi connectivity index (χ0) is 21.0. The first-order valence-corrected chi connectivity index (χ1v) is 11.4. The molecular weight excluding hydrogens is 408 g/mol. The van der Waals surface area contributed by atoms with Gasteiger partial charge in [0.2, 0.25) is 0 Å². The molecule has 0 aromatic carbocycles. The van der Waals surface area contributed by atoms with E-state index in [9.17, 15) is 38.3 Å². The van der Waals surface area contributed by atoms with E-state index in [0.717, 1.165) is 4.90 Å². The van der Waals surface area contributed by atoms with Crippen LogP contribution < -0.4 is 0 Å². The molecule has 27 heavy (non-hydrogen) atoms. The first kappa shape index (κ1) is 24.2. The molecule has 0 saturated carbocycles. The number of carbonyl (C=O) groups is 2. The van der Waals surface area contributed by atoms with Crippen molar-refractivity contribution in [2.45, 2.75) is 12.5 Å². The first-order chi connectivity index (χ1) is 12.1. The molecule has 15 heteroatoms. The summed E-state index contributed by atoms with van der Waals surface area (Å²) in [4.78, 5) is 63.1. The topological polar surface area (TPSA) is 199 Å². The molecule has 0 aromatic heterocycles. The van der Waals surface area contributed by atoms with Crippen molar-refractivity contribution >= 4 is 27.1 Å². The fourth-order valence-electron chi connectivity index (χ4n) is 3.18. The molecule has 0 unspecified atom stereocenters. The summed E-state index contributed by atoms with van der Waals surface area (Å²) in [5.41, 5.74) is -1.24. The Balaban J connectivity index is 3.21. The van der Waals surface area contributed by atoms with Crippen LogP contribution in [0.3, 0.4) is 0 Å². The van der Waals surface area contributed by atoms with Gasteiger partial charge in [-0.3, -0.25) is 33.4 Å². The van der Waals surface area contributed by atoms with Gasteiger partial charge in [0.1, 0.15) is 12.6 Å². The summed E-state index contributed by atoms with van der Waals surface area (Å²) in [5, 5.41) is 18.2. The third-order valence-electron chi connectivity index (χ3n) is 4.05. The molecule has 13 nitrogen and oxygen atoms in total. The molecule has 1 fully saturated rings. The molecule has 1 saturated heterocycles. The molecule has 0 amide bonds. The van der Waals surface area contributed by atoms with Gasteiger partial charge in [-0.2, -0.15) is 0 Å². The molecule has 0 bridgehead atoms. The molecule has 1 rings (SSSR count). The summed E-state index contributed by atoms with van der Waals surface area (Å²) < 4.78 is 22.7. The lowest BCUT2D eigenvalue weighted by atomic mass is 9.98. The highest BCUT2D eigenvalue weighted by molar-refractivity contribution is 7.51. The highest BCUT2D eigenvalue weighted by Gasteiger charge is 2.41. The second kappa shape index (κ2) is 9.08. The summed E-state index contributed by atoms with van der Waals surface area (Å²) in [5.74, 6) is -2.60. The molecule has 0 aromatic rings. The van der Waals surface area contributed by atoms with E-state index in [1.807, 2.05) is 0 Å². The van der Waals surface area contributed by atoms with Crippen LogP contribution in [0.1, 0.15) is 6.92 Å².